The summed E-state index contributed by atoms with van der Waals surface area (Å²) in [4.78, 5) is 4.63. The maximum Gasteiger partial charge on any atom is 0.122 e. The lowest BCUT2D eigenvalue weighted by molar-refractivity contribution is 0.411. The zero-order valence-corrected chi connectivity index (χ0v) is 11.8. The summed E-state index contributed by atoms with van der Waals surface area (Å²) in [6, 6.07) is 4.20. The van der Waals surface area contributed by atoms with Gasteiger partial charge in [0.1, 0.15) is 5.75 Å². The molecule has 1 aromatic carbocycles. The van der Waals surface area contributed by atoms with Crippen LogP contribution in [0.2, 0.25) is 0 Å². The van der Waals surface area contributed by atoms with Crippen molar-refractivity contribution < 1.29 is 4.74 Å². The van der Waals surface area contributed by atoms with Crippen LogP contribution in [0, 0.1) is 13.8 Å². The Balaban J connectivity index is 2.40. The molecule has 18 heavy (non-hydrogen) atoms. The SMILES string of the molecule is COc1cc(C)c(-c2csc(CCN)n2)cc1C. The quantitative estimate of drug-likeness (QED) is 0.921. The van der Waals surface area contributed by atoms with Gasteiger partial charge in [-0.15, -0.1) is 11.3 Å². The van der Waals surface area contributed by atoms with E-state index in [-0.39, 0.29) is 0 Å². The minimum atomic E-state index is 0.646. The second-order valence-corrected chi connectivity index (χ2v) is 5.24. The summed E-state index contributed by atoms with van der Waals surface area (Å²) in [5, 5.41) is 3.19. The molecule has 4 heteroatoms. The van der Waals surface area contributed by atoms with E-state index in [0.29, 0.717) is 6.54 Å². The first-order valence-corrected chi connectivity index (χ1v) is 6.83. The first-order chi connectivity index (χ1) is 8.65. The second kappa shape index (κ2) is 5.50. The van der Waals surface area contributed by atoms with Crippen molar-refractivity contribution in [2.24, 2.45) is 5.73 Å². The van der Waals surface area contributed by atoms with Crippen LogP contribution >= 0.6 is 11.3 Å². The molecule has 1 heterocycles. The zero-order chi connectivity index (χ0) is 13.1. The molecule has 2 N–H and O–H groups in total. The van der Waals surface area contributed by atoms with E-state index in [1.54, 1.807) is 18.4 Å². The van der Waals surface area contributed by atoms with Gasteiger partial charge >= 0.3 is 0 Å². The van der Waals surface area contributed by atoms with E-state index in [1.807, 2.05) is 0 Å². The van der Waals surface area contributed by atoms with Crippen LogP contribution in [0.3, 0.4) is 0 Å². The first kappa shape index (κ1) is 13.1. The monoisotopic (exact) mass is 262 g/mol. The Morgan fingerprint density at radius 2 is 2.06 bits per heavy atom. The van der Waals surface area contributed by atoms with E-state index in [1.165, 1.54) is 11.1 Å². The van der Waals surface area contributed by atoms with Gasteiger partial charge in [0, 0.05) is 17.4 Å². The van der Waals surface area contributed by atoms with Crippen LogP contribution in [-0.2, 0) is 6.42 Å². The molecule has 0 aliphatic heterocycles. The number of nitrogens with two attached hydrogens (primary N) is 1. The number of nitrogens with zero attached hydrogens (tertiary/aromatic N) is 1. The lowest BCUT2D eigenvalue weighted by atomic mass is 10.0. The Bertz CT molecular complexity index is 549. The summed E-state index contributed by atoms with van der Waals surface area (Å²) in [7, 11) is 1.70. The maximum absolute atomic E-state index is 5.55. The molecule has 0 saturated carbocycles. The fraction of sp³-hybridized carbons (Fsp3) is 0.357. The lowest BCUT2D eigenvalue weighted by Gasteiger charge is -2.09. The zero-order valence-electron chi connectivity index (χ0n) is 11.0. The number of hydrogen-bond acceptors (Lipinski definition) is 4. The standard InChI is InChI=1S/C14H18N2OS/c1-9-7-13(17-3)10(2)6-11(9)12-8-18-14(16-12)4-5-15/h6-8H,4-5,15H2,1-3H3. The minimum Gasteiger partial charge on any atom is -0.496 e. The third-order valence-electron chi connectivity index (χ3n) is 2.93. The average Bonchev–Trinajstić information content (AvgIpc) is 2.80. The van der Waals surface area contributed by atoms with E-state index in [4.69, 9.17) is 10.5 Å². The molecule has 0 aliphatic carbocycles. The molecule has 0 spiro atoms. The van der Waals surface area contributed by atoms with Crippen molar-refractivity contribution in [2.75, 3.05) is 13.7 Å². The minimum absolute atomic E-state index is 0.646. The third kappa shape index (κ3) is 2.54. The largest absolute Gasteiger partial charge is 0.496 e. The topological polar surface area (TPSA) is 48.1 Å². The number of aryl methyl sites for hydroxylation is 2. The van der Waals surface area contributed by atoms with Crippen molar-refractivity contribution in [1.82, 2.24) is 4.98 Å². The number of aromatic nitrogens is 1. The van der Waals surface area contributed by atoms with E-state index < -0.39 is 0 Å². The summed E-state index contributed by atoms with van der Waals surface area (Å²) in [5.74, 6) is 0.925. The Hall–Kier alpha value is -1.39. The van der Waals surface area contributed by atoms with Gasteiger partial charge < -0.3 is 10.5 Å². The van der Waals surface area contributed by atoms with E-state index >= 15 is 0 Å². The van der Waals surface area contributed by atoms with Gasteiger partial charge in [-0.05, 0) is 43.7 Å². The van der Waals surface area contributed by atoms with Gasteiger partial charge in [0.15, 0.2) is 0 Å². The van der Waals surface area contributed by atoms with Gasteiger partial charge in [0.25, 0.3) is 0 Å². The normalized spacial score (nSPS) is 10.7. The molecule has 0 radical (unpaired) electrons. The van der Waals surface area contributed by atoms with Crippen LogP contribution in [0.25, 0.3) is 11.3 Å². The van der Waals surface area contributed by atoms with Crippen molar-refractivity contribution >= 4 is 11.3 Å². The molecule has 3 nitrogen and oxygen atoms in total. The number of rotatable bonds is 4. The molecule has 0 bridgehead atoms. The molecule has 0 atom stereocenters. The van der Waals surface area contributed by atoms with Crippen molar-refractivity contribution in [2.45, 2.75) is 20.3 Å². The lowest BCUT2D eigenvalue weighted by Crippen LogP contribution is -2.02. The number of thiazole rings is 1. The van der Waals surface area contributed by atoms with Crippen molar-refractivity contribution in [3.63, 3.8) is 0 Å². The highest BCUT2D eigenvalue weighted by atomic mass is 32.1. The van der Waals surface area contributed by atoms with Crippen molar-refractivity contribution in [1.29, 1.82) is 0 Å². The smallest absolute Gasteiger partial charge is 0.122 e. The number of hydrogen-bond donors (Lipinski definition) is 1. The van der Waals surface area contributed by atoms with Crippen LogP contribution < -0.4 is 10.5 Å². The molecule has 0 fully saturated rings. The van der Waals surface area contributed by atoms with Gasteiger partial charge in [0.2, 0.25) is 0 Å². The van der Waals surface area contributed by atoms with Gasteiger partial charge in [-0.3, -0.25) is 0 Å². The molecular weight excluding hydrogens is 244 g/mol. The second-order valence-electron chi connectivity index (χ2n) is 4.30. The predicted molar refractivity (Wildman–Crippen MR) is 76.3 cm³/mol. The van der Waals surface area contributed by atoms with Crippen LogP contribution in [0.15, 0.2) is 17.5 Å². The van der Waals surface area contributed by atoms with Crippen LogP contribution in [0.4, 0.5) is 0 Å². The highest BCUT2D eigenvalue weighted by Gasteiger charge is 2.10. The Morgan fingerprint density at radius 3 is 2.72 bits per heavy atom. The van der Waals surface area contributed by atoms with E-state index in [0.717, 1.165) is 28.4 Å². The van der Waals surface area contributed by atoms with Crippen LogP contribution in [-0.4, -0.2) is 18.6 Å². The molecule has 0 unspecified atom stereocenters. The Kier molecular flexibility index (Phi) is 3.99. The average molecular weight is 262 g/mol. The van der Waals surface area contributed by atoms with Gasteiger partial charge in [-0.25, -0.2) is 4.98 Å². The molecular formula is C14H18N2OS. The van der Waals surface area contributed by atoms with Crippen molar-refractivity contribution in [3.8, 4) is 17.0 Å². The van der Waals surface area contributed by atoms with E-state index in [2.05, 4.69) is 36.3 Å². The molecule has 96 valence electrons. The molecule has 1 aromatic heterocycles. The van der Waals surface area contributed by atoms with Gasteiger partial charge in [0.05, 0.1) is 17.8 Å². The number of benzene rings is 1. The Labute approximate surface area is 112 Å². The molecule has 0 saturated heterocycles. The molecule has 2 aromatic rings. The number of methoxy groups -OCH3 is 1. The molecule has 0 amide bonds. The summed E-state index contributed by atoms with van der Waals surface area (Å²) < 4.78 is 5.33. The summed E-state index contributed by atoms with van der Waals surface area (Å²) in [6.07, 6.45) is 0.846. The van der Waals surface area contributed by atoms with Crippen LogP contribution in [0.5, 0.6) is 5.75 Å². The van der Waals surface area contributed by atoms with E-state index in [9.17, 15) is 0 Å². The van der Waals surface area contributed by atoms with Crippen molar-refractivity contribution in [3.05, 3.63) is 33.6 Å². The van der Waals surface area contributed by atoms with Gasteiger partial charge in [-0.1, -0.05) is 0 Å². The fourth-order valence-corrected chi connectivity index (χ4v) is 2.77. The molecule has 0 aliphatic rings. The summed E-state index contributed by atoms with van der Waals surface area (Å²) in [5.41, 5.74) is 10.1. The number of ether oxygens (including phenoxy) is 1. The maximum atomic E-state index is 5.55. The highest BCUT2D eigenvalue weighted by molar-refractivity contribution is 7.09. The fourth-order valence-electron chi connectivity index (χ4n) is 1.96. The predicted octanol–water partition coefficient (Wildman–Crippen LogP) is 2.94. The molecule has 2 rings (SSSR count). The first-order valence-electron chi connectivity index (χ1n) is 5.95. The third-order valence-corrected chi connectivity index (χ3v) is 3.84. The van der Waals surface area contributed by atoms with Crippen LogP contribution in [0.1, 0.15) is 16.1 Å². The summed E-state index contributed by atoms with van der Waals surface area (Å²) in [6.45, 7) is 4.78. The highest BCUT2D eigenvalue weighted by Crippen LogP contribution is 2.30. The van der Waals surface area contributed by atoms with Gasteiger partial charge in [-0.2, -0.15) is 0 Å². The summed E-state index contributed by atoms with van der Waals surface area (Å²) >= 11 is 1.67. The Morgan fingerprint density at radius 1 is 1.28 bits per heavy atom.